The normalized spacial score (nSPS) is 15.3. The highest BCUT2D eigenvalue weighted by molar-refractivity contribution is 5.96. The van der Waals surface area contributed by atoms with E-state index in [0.29, 0.717) is 5.69 Å². The van der Waals surface area contributed by atoms with Crippen LogP contribution in [0.5, 0.6) is 0 Å². The van der Waals surface area contributed by atoms with Crippen molar-refractivity contribution in [1.29, 1.82) is 0 Å². The third-order valence-corrected chi connectivity index (χ3v) is 11.2. The fourth-order valence-corrected chi connectivity index (χ4v) is 8.92. The number of rotatable bonds is 6. The van der Waals surface area contributed by atoms with E-state index in [4.69, 9.17) is 13.7 Å². The van der Waals surface area contributed by atoms with Gasteiger partial charge in [0, 0.05) is 17.1 Å². The number of hydrogen-bond acceptors (Lipinski definition) is 1. The van der Waals surface area contributed by atoms with Crippen LogP contribution in [-0.2, 0) is 5.41 Å². The average molecular weight is 722 g/mol. The van der Waals surface area contributed by atoms with Gasteiger partial charge < -0.3 is 4.90 Å². The lowest BCUT2D eigenvalue weighted by molar-refractivity contribution is 0.794. The van der Waals surface area contributed by atoms with Crippen molar-refractivity contribution in [3.05, 3.63) is 246 Å². The molecule has 0 amide bonds. The number of benzene rings is 9. The van der Waals surface area contributed by atoms with Gasteiger partial charge in [0.15, 0.2) is 0 Å². The molecule has 0 saturated heterocycles. The topological polar surface area (TPSA) is 3.24 Å². The van der Waals surface area contributed by atoms with Gasteiger partial charge in [-0.1, -0.05) is 176 Å². The lowest BCUT2D eigenvalue weighted by Crippen LogP contribution is -2.25. The van der Waals surface area contributed by atoms with Gasteiger partial charge in [-0.15, -0.1) is 0 Å². The van der Waals surface area contributed by atoms with Crippen molar-refractivity contribution in [2.45, 2.75) is 5.41 Å². The summed E-state index contributed by atoms with van der Waals surface area (Å²) in [6.45, 7) is 0. The summed E-state index contributed by atoms with van der Waals surface area (Å²) in [6, 6.07) is 50.6. The highest BCUT2D eigenvalue weighted by Crippen LogP contribution is 2.63. The fraction of sp³-hybridized carbons (Fsp3) is 0.0182. The van der Waals surface area contributed by atoms with Gasteiger partial charge in [-0.2, -0.15) is 0 Å². The molecular formula is C55H37N. The van der Waals surface area contributed by atoms with E-state index >= 15 is 0 Å². The molecule has 1 spiro atoms. The first-order chi connectivity index (χ1) is 31.9. The predicted octanol–water partition coefficient (Wildman–Crippen LogP) is 14.5. The highest BCUT2D eigenvalue weighted by Gasteiger charge is 2.51. The summed E-state index contributed by atoms with van der Waals surface area (Å²) in [5.74, 6) is 0. The Hall–Kier alpha value is -7.22. The van der Waals surface area contributed by atoms with Gasteiger partial charge in [0.1, 0.15) is 0 Å². The van der Waals surface area contributed by atoms with Crippen LogP contribution in [-0.4, -0.2) is 0 Å². The number of nitrogens with zero attached hydrogens (tertiary/aromatic N) is 1. The Kier molecular flexibility index (Phi) is 5.45. The summed E-state index contributed by atoms with van der Waals surface area (Å²) in [5, 5.41) is 0. The molecule has 0 saturated carbocycles. The first kappa shape index (κ1) is 23.5. The van der Waals surface area contributed by atoms with Gasteiger partial charge in [0.2, 0.25) is 0 Å². The van der Waals surface area contributed by atoms with Crippen LogP contribution in [0.3, 0.4) is 0 Å². The van der Waals surface area contributed by atoms with Gasteiger partial charge in [-0.05, 0) is 126 Å². The Morgan fingerprint density at radius 1 is 0.304 bits per heavy atom. The first-order valence-corrected chi connectivity index (χ1v) is 18.6. The zero-order valence-corrected chi connectivity index (χ0v) is 30.0. The summed E-state index contributed by atoms with van der Waals surface area (Å²) in [7, 11) is 0. The zero-order valence-electron chi connectivity index (χ0n) is 40.0. The van der Waals surface area contributed by atoms with Crippen LogP contribution in [0.2, 0.25) is 0 Å². The quantitative estimate of drug-likeness (QED) is 0.165. The van der Waals surface area contributed by atoms with Crippen molar-refractivity contribution in [1.82, 2.24) is 0 Å². The molecule has 2 aliphatic rings. The van der Waals surface area contributed by atoms with E-state index in [1.807, 2.05) is 47.4 Å². The third-order valence-electron chi connectivity index (χ3n) is 11.2. The largest absolute Gasteiger partial charge is 0.310 e. The van der Waals surface area contributed by atoms with Crippen LogP contribution in [0.1, 0.15) is 36.0 Å². The first-order valence-electron chi connectivity index (χ1n) is 23.6. The Balaban J connectivity index is 1.09. The molecular weight excluding hydrogens is 675 g/mol. The molecule has 11 rings (SSSR count). The summed E-state index contributed by atoms with van der Waals surface area (Å²) in [4.78, 5) is 1.95. The standard InChI is InChI=1S/C55H37N/c1-4-16-38(17-5-1)42-34-43(39-18-6-2-7-19-39)36-46(35-42)56(44-20-8-3-9-21-44)45-31-28-40(29-32-45)41-30-33-50-49-24-12-15-27-53(49)55(54(50)37-41)51-25-13-10-22-47(51)48-23-11-14-26-52(48)55/h1-37H/i1D,2D,4D,5D,6D,7D,16D,17D,18D,19D. The zero-order chi connectivity index (χ0) is 45.8. The van der Waals surface area contributed by atoms with Gasteiger partial charge in [-0.25, -0.2) is 0 Å². The number of para-hydroxylation sites is 1. The molecule has 0 unspecified atom stereocenters. The molecule has 1 heteroatoms. The molecule has 9 aromatic rings. The molecule has 0 aliphatic heterocycles. The fourth-order valence-electron chi connectivity index (χ4n) is 8.92. The molecule has 0 N–H and O–H groups in total. The van der Waals surface area contributed by atoms with Crippen LogP contribution in [0.25, 0.3) is 55.6 Å². The van der Waals surface area contributed by atoms with Crippen molar-refractivity contribution in [3.63, 3.8) is 0 Å². The lowest BCUT2D eigenvalue weighted by Gasteiger charge is -2.30. The molecule has 0 radical (unpaired) electrons. The number of anilines is 3. The van der Waals surface area contributed by atoms with E-state index in [1.165, 1.54) is 50.6 Å². The van der Waals surface area contributed by atoms with Gasteiger partial charge in [-0.3, -0.25) is 0 Å². The maximum absolute atomic E-state index is 8.90. The number of hydrogen-bond donors (Lipinski definition) is 0. The Morgan fingerprint density at radius 2 is 0.750 bits per heavy atom. The van der Waals surface area contributed by atoms with Crippen molar-refractivity contribution >= 4 is 17.1 Å². The van der Waals surface area contributed by atoms with Crippen LogP contribution < -0.4 is 4.90 Å². The molecule has 0 bridgehead atoms. The maximum Gasteiger partial charge on any atom is 0.0725 e. The molecule has 1 nitrogen and oxygen atoms in total. The molecule has 0 fully saturated rings. The smallest absolute Gasteiger partial charge is 0.0725 e. The second-order valence-corrected chi connectivity index (χ2v) is 14.1. The molecule has 56 heavy (non-hydrogen) atoms. The van der Waals surface area contributed by atoms with E-state index in [1.54, 1.807) is 12.1 Å². The summed E-state index contributed by atoms with van der Waals surface area (Å²) in [6.07, 6.45) is 0. The third kappa shape index (κ3) is 4.95. The highest BCUT2D eigenvalue weighted by atomic mass is 15.1. The minimum atomic E-state index is -0.539. The van der Waals surface area contributed by atoms with Gasteiger partial charge in [0.05, 0.1) is 19.1 Å². The SMILES string of the molecule is [2H]c1c([2H])c([2H])c(-c2cc(-c3c([2H])c([2H])c([2H])c([2H])c3[2H])cc(N(c3ccccc3)c3ccc(-c4ccc5c(c4)C4(c6ccccc6-c6ccccc64)c4ccccc4-5)cc3)c2)c([2H])c1[2H]. The summed E-state index contributed by atoms with van der Waals surface area (Å²) in [5.41, 5.74) is 13.6. The Bertz CT molecular complexity index is 3290. The van der Waals surface area contributed by atoms with Crippen molar-refractivity contribution in [3.8, 4) is 55.6 Å². The van der Waals surface area contributed by atoms with E-state index in [-0.39, 0.29) is 22.3 Å². The molecule has 9 aromatic carbocycles. The van der Waals surface area contributed by atoms with E-state index in [9.17, 15) is 0 Å². The maximum atomic E-state index is 8.90. The monoisotopic (exact) mass is 721 g/mol. The van der Waals surface area contributed by atoms with Crippen LogP contribution in [0.4, 0.5) is 17.1 Å². The molecule has 262 valence electrons. The molecule has 0 atom stereocenters. The van der Waals surface area contributed by atoms with Crippen LogP contribution in [0.15, 0.2) is 224 Å². The van der Waals surface area contributed by atoms with Crippen molar-refractivity contribution in [2.75, 3.05) is 4.90 Å². The second-order valence-electron chi connectivity index (χ2n) is 14.1. The second kappa shape index (κ2) is 13.0. The minimum Gasteiger partial charge on any atom is -0.310 e. The van der Waals surface area contributed by atoms with Crippen molar-refractivity contribution < 1.29 is 13.7 Å². The van der Waals surface area contributed by atoms with Gasteiger partial charge >= 0.3 is 0 Å². The van der Waals surface area contributed by atoms with E-state index < -0.39 is 65.8 Å². The van der Waals surface area contributed by atoms with E-state index in [2.05, 4.69) is 103 Å². The van der Waals surface area contributed by atoms with Crippen LogP contribution in [0, 0.1) is 0 Å². The summed E-state index contributed by atoms with van der Waals surface area (Å²) >= 11 is 0. The Morgan fingerprint density at radius 3 is 1.29 bits per heavy atom. The number of fused-ring (bicyclic) bond motifs is 10. The van der Waals surface area contributed by atoms with Crippen LogP contribution >= 0.6 is 0 Å². The summed E-state index contributed by atoms with van der Waals surface area (Å²) < 4.78 is 86.1. The lowest BCUT2D eigenvalue weighted by atomic mass is 9.70. The Labute approximate surface area is 342 Å². The molecule has 2 aliphatic carbocycles. The van der Waals surface area contributed by atoms with Crippen molar-refractivity contribution in [2.24, 2.45) is 0 Å². The van der Waals surface area contributed by atoms with Gasteiger partial charge in [0.25, 0.3) is 0 Å². The predicted molar refractivity (Wildman–Crippen MR) is 234 cm³/mol. The minimum absolute atomic E-state index is 0.0798. The molecule has 0 heterocycles. The van der Waals surface area contributed by atoms with E-state index in [0.717, 1.165) is 22.5 Å². The average Bonchev–Trinajstić information content (AvgIpc) is 3.82. The molecule has 0 aromatic heterocycles.